The second-order valence-electron chi connectivity index (χ2n) is 8.94. The maximum absolute atomic E-state index is 13.6. The van der Waals surface area contributed by atoms with Crippen LogP contribution in [-0.2, 0) is 12.8 Å². The fourth-order valence-corrected chi connectivity index (χ4v) is 4.41. The number of amides is 1. The van der Waals surface area contributed by atoms with Crippen molar-refractivity contribution in [2.24, 2.45) is 5.41 Å². The van der Waals surface area contributed by atoms with Crippen LogP contribution in [0.5, 0.6) is 0 Å². The number of anilines is 1. The summed E-state index contributed by atoms with van der Waals surface area (Å²) in [6.07, 6.45) is 1.65. The Morgan fingerprint density at radius 2 is 1.75 bits per heavy atom. The van der Waals surface area contributed by atoms with E-state index in [0.717, 1.165) is 12.0 Å². The number of aromatic nitrogens is 1. The molecule has 6 heteroatoms. The summed E-state index contributed by atoms with van der Waals surface area (Å²) in [7, 11) is 0. The second-order valence-corrected chi connectivity index (χ2v) is 9.38. The lowest BCUT2D eigenvalue weighted by Crippen LogP contribution is -2.37. The number of para-hydroxylation sites is 1. The molecule has 0 spiro atoms. The van der Waals surface area contributed by atoms with E-state index < -0.39 is 11.5 Å². The number of pyridine rings is 1. The number of benzene rings is 2. The van der Waals surface area contributed by atoms with Crippen molar-refractivity contribution in [2.75, 3.05) is 5.32 Å². The predicted molar refractivity (Wildman–Crippen MR) is 127 cm³/mol. The van der Waals surface area contributed by atoms with Crippen molar-refractivity contribution in [1.82, 2.24) is 4.57 Å². The van der Waals surface area contributed by atoms with Gasteiger partial charge < -0.3 is 5.32 Å². The first kappa shape index (κ1) is 22.0. The third kappa shape index (κ3) is 4.13. The molecule has 4 rings (SSSR count). The Balaban J connectivity index is 1.89. The van der Waals surface area contributed by atoms with Crippen molar-refractivity contribution in [1.29, 1.82) is 0 Å². The summed E-state index contributed by atoms with van der Waals surface area (Å²) < 4.78 is 1.49. The fraction of sp³-hybridized carbons (Fsp3) is 0.269. The van der Waals surface area contributed by atoms with Gasteiger partial charge in [0.1, 0.15) is 5.56 Å². The highest BCUT2D eigenvalue weighted by atomic mass is 35.5. The number of carbonyl (C=O) groups excluding carboxylic acids is 2. The zero-order chi connectivity index (χ0) is 23.0. The first-order valence-corrected chi connectivity index (χ1v) is 11.1. The standard InChI is InChI=1S/C26H25ClN2O3/c1-4-16-7-5-6-8-21(16)28-24(31)20-13-19-22(14-26(2,3)15-23(19)30)29(25(20)32)18-11-9-17(27)10-12-18/h5-13H,4,14-15H2,1-3H3,(H,28,31). The number of aryl methyl sites for hydroxylation is 1. The van der Waals surface area contributed by atoms with Gasteiger partial charge in [0.25, 0.3) is 11.5 Å². The maximum Gasteiger partial charge on any atom is 0.268 e. The van der Waals surface area contributed by atoms with Crippen LogP contribution in [0.4, 0.5) is 5.69 Å². The van der Waals surface area contributed by atoms with E-state index in [1.165, 1.54) is 10.6 Å². The summed E-state index contributed by atoms with van der Waals surface area (Å²) in [5.41, 5.74) is 2.45. The van der Waals surface area contributed by atoms with Gasteiger partial charge in [0, 0.05) is 34.1 Å². The Bertz CT molecular complexity index is 1270. The van der Waals surface area contributed by atoms with Gasteiger partial charge in [0.15, 0.2) is 5.78 Å². The van der Waals surface area contributed by atoms with Crippen LogP contribution in [0.2, 0.25) is 5.02 Å². The van der Waals surface area contributed by atoms with Crippen LogP contribution in [-0.4, -0.2) is 16.3 Å². The Morgan fingerprint density at radius 1 is 1.06 bits per heavy atom. The molecule has 5 nitrogen and oxygen atoms in total. The number of hydrogen-bond acceptors (Lipinski definition) is 3. The molecule has 1 amide bonds. The molecule has 1 aliphatic rings. The van der Waals surface area contributed by atoms with E-state index in [9.17, 15) is 14.4 Å². The minimum Gasteiger partial charge on any atom is -0.322 e. The number of hydrogen-bond donors (Lipinski definition) is 1. The Hall–Kier alpha value is -3.18. The molecule has 0 aliphatic heterocycles. The zero-order valence-corrected chi connectivity index (χ0v) is 19.1. The van der Waals surface area contributed by atoms with E-state index in [1.54, 1.807) is 30.3 Å². The van der Waals surface area contributed by atoms with Gasteiger partial charge in [0.2, 0.25) is 0 Å². The quantitative estimate of drug-likeness (QED) is 0.576. The number of ketones is 1. The molecule has 0 fully saturated rings. The molecule has 0 saturated carbocycles. The zero-order valence-electron chi connectivity index (χ0n) is 18.4. The smallest absolute Gasteiger partial charge is 0.268 e. The van der Waals surface area contributed by atoms with Crippen LogP contribution in [0.15, 0.2) is 59.4 Å². The lowest BCUT2D eigenvalue weighted by atomic mass is 9.75. The number of fused-ring (bicyclic) bond motifs is 1. The summed E-state index contributed by atoms with van der Waals surface area (Å²) in [5, 5.41) is 3.40. The number of halogens is 1. The highest BCUT2D eigenvalue weighted by Crippen LogP contribution is 2.35. The topological polar surface area (TPSA) is 68.2 Å². The maximum atomic E-state index is 13.6. The molecule has 0 atom stereocenters. The molecule has 2 aromatic carbocycles. The van der Waals surface area contributed by atoms with Gasteiger partial charge >= 0.3 is 0 Å². The lowest BCUT2D eigenvalue weighted by Gasteiger charge is -2.32. The Kier molecular flexibility index (Phi) is 5.78. The third-order valence-corrected chi connectivity index (χ3v) is 6.12. The number of carbonyl (C=O) groups is 2. The van der Waals surface area contributed by atoms with E-state index in [-0.39, 0.29) is 16.8 Å². The lowest BCUT2D eigenvalue weighted by molar-refractivity contribution is 0.0909. The van der Waals surface area contributed by atoms with Crippen molar-refractivity contribution in [3.63, 3.8) is 0 Å². The largest absolute Gasteiger partial charge is 0.322 e. The summed E-state index contributed by atoms with van der Waals surface area (Å²) >= 11 is 6.05. The molecule has 1 aromatic heterocycles. The molecule has 1 heterocycles. The van der Waals surface area contributed by atoms with Crippen molar-refractivity contribution in [3.05, 3.63) is 92.4 Å². The summed E-state index contributed by atoms with van der Waals surface area (Å²) in [4.78, 5) is 39.8. The molecule has 3 aromatic rings. The molecular weight excluding hydrogens is 424 g/mol. The van der Waals surface area contributed by atoms with Crippen LogP contribution < -0.4 is 10.9 Å². The van der Waals surface area contributed by atoms with E-state index in [2.05, 4.69) is 5.32 Å². The van der Waals surface area contributed by atoms with Crippen LogP contribution >= 0.6 is 11.6 Å². The van der Waals surface area contributed by atoms with Gasteiger partial charge in [-0.1, -0.05) is 50.6 Å². The van der Waals surface area contributed by atoms with Crippen molar-refractivity contribution in [3.8, 4) is 5.69 Å². The van der Waals surface area contributed by atoms with Crippen LogP contribution in [0.25, 0.3) is 5.69 Å². The summed E-state index contributed by atoms with van der Waals surface area (Å²) in [5.74, 6) is -0.596. The first-order chi connectivity index (χ1) is 15.2. The average Bonchev–Trinajstić information content (AvgIpc) is 2.74. The van der Waals surface area contributed by atoms with E-state index >= 15 is 0 Å². The molecule has 0 saturated heterocycles. The Morgan fingerprint density at radius 3 is 2.44 bits per heavy atom. The van der Waals surface area contributed by atoms with Gasteiger partial charge in [-0.2, -0.15) is 0 Å². The van der Waals surface area contributed by atoms with Crippen LogP contribution in [0.3, 0.4) is 0 Å². The monoisotopic (exact) mass is 448 g/mol. The number of rotatable bonds is 4. The van der Waals surface area contributed by atoms with E-state index in [0.29, 0.717) is 40.5 Å². The number of Topliss-reactive ketones (excluding diaryl/α,β-unsaturated/α-hetero) is 1. The predicted octanol–water partition coefficient (Wildman–Crippen LogP) is 5.46. The molecule has 164 valence electrons. The SMILES string of the molecule is CCc1ccccc1NC(=O)c1cc2c(n(-c3ccc(Cl)cc3)c1=O)CC(C)(C)CC2=O. The average molecular weight is 449 g/mol. The van der Waals surface area contributed by atoms with E-state index in [4.69, 9.17) is 11.6 Å². The van der Waals surface area contributed by atoms with Gasteiger partial charge in [-0.25, -0.2) is 0 Å². The fourth-order valence-electron chi connectivity index (χ4n) is 4.28. The van der Waals surface area contributed by atoms with Gasteiger partial charge in [-0.05, 0) is 60.2 Å². The molecule has 0 unspecified atom stereocenters. The number of nitrogens with one attached hydrogen (secondary N) is 1. The Labute approximate surface area is 192 Å². The molecule has 1 aliphatic carbocycles. The van der Waals surface area contributed by atoms with E-state index in [1.807, 2.05) is 39.0 Å². The van der Waals surface area contributed by atoms with Gasteiger partial charge in [-0.3, -0.25) is 19.0 Å². The second kappa shape index (κ2) is 8.40. The highest BCUT2D eigenvalue weighted by Gasteiger charge is 2.35. The minimum atomic E-state index is -0.529. The van der Waals surface area contributed by atoms with Gasteiger partial charge in [-0.15, -0.1) is 0 Å². The molecule has 0 radical (unpaired) electrons. The van der Waals surface area contributed by atoms with Crippen molar-refractivity contribution < 1.29 is 9.59 Å². The molecule has 0 bridgehead atoms. The van der Waals surface area contributed by atoms with Crippen molar-refractivity contribution in [2.45, 2.75) is 40.0 Å². The first-order valence-electron chi connectivity index (χ1n) is 10.7. The van der Waals surface area contributed by atoms with Crippen LogP contribution in [0.1, 0.15) is 59.2 Å². The number of nitrogens with zero attached hydrogens (tertiary/aromatic N) is 1. The molecular formula is C26H25ClN2O3. The summed E-state index contributed by atoms with van der Waals surface area (Å²) in [6, 6.07) is 15.8. The normalized spacial score (nSPS) is 14.7. The van der Waals surface area contributed by atoms with Crippen LogP contribution in [0, 0.1) is 5.41 Å². The highest BCUT2D eigenvalue weighted by molar-refractivity contribution is 6.30. The van der Waals surface area contributed by atoms with Gasteiger partial charge in [0.05, 0.1) is 0 Å². The summed E-state index contributed by atoms with van der Waals surface area (Å²) in [6.45, 7) is 6.01. The minimum absolute atomic E-state index is 0.0577. The third-order valence-electron chi connectivity index (χ3n) is 5.86. The van der Waals surface area contributed by atoms with Crippen molar-refractivity contribution >= 4 is 29.0 Å². The molecule has 32 heavy (non-hydrogen) atoms. The molecule has 1 N–H and O–H groups in total.